The highest BCUT2D eigenvalue weighted by molar-refractivity contribution is 5.43. The normalized spacial score (nSPS) is 12.5. The molecular weight excluding hydrogens is 138 g/mol. The van der Waals surface area contributed by atoms with Crippen LogP contribution in [0.5, 0.6) is 0 Å². The molecule has 0 aliphatic carbocycles. The van der Waals surface area contributed by atoms with Gasteiger partial charge in [0.2, 0.25) is 0 Å². The molecule has 1 rings (SSSR count). The van der Waals surface area contributed by atoms with E-state index in [0.29, 0.717) is 0 Å². The number of hydrogen-bond donors (Lipinski definition) is 2. The molecule has 0 bridgehead atoms. The molecule has 0 saturated heterocycles. The lowest BCUT2D eigenvalue weighted by Gasteiger charge is -2.11. The summed E-state index contributed by atoms with van der Waals surface area (Å²) in [7, 11) is 0. The summed E-state index contributed by atoms with van der Waals surface area (Å²) in [6, 6.07) is 9.98. The molecule has 0 aliphatic heterocycles. The van der Waals surface area contributed by atoms with Crippen LogP contribution in [-0.2, 0) is 0 Å². The van der Waals surface area contributed by atoms with Crippen molar-refractivity contribution in [3.8, 4) is 0 Å². The number of aliphatic hydroxyl groups is 1. The number of rotatable bonds is 3. The molecule has 0 heterocycles. The second-order valence-electron chi connectivity index (χ2n) is 2.59. The van der Waals surface area contributed by atoms with Gasteiger partial charge in [-0.2, -0.15) is 0 Å². The van der Waals surface area contributed by atoms with Gasteiger partial charge in [-0.3, -0.25) is 0 Å². The quantitative estimate of drug-likeness (QED) is 0.685. The maximum absolute atomic E-state index is 8.73. The average Bonchev–Trinajstić information content (AvgIpc) is 2.06. The molecular formula is C9H13NO. The molecule has 0 saturated carbocycles. The molecule has 11 heavy (non-hydrogen) atoms. The molecule has 1 atom stereocenters. The molecule has 0 aliphatic rings. The topological polar surface area (TPSA) is 32.3 Å². The van der Waals surface area contributed by atoms with Gasteiger partial charge in [0, 0.05) is 11.7 Å². The van der Waals surface area contributed by atoms with E-state index in [1.807, 2.05) is 37.3 Å². The van der Waals surface area contributed by atoms with Crippen molar-refractivity contribution in [3.05, 3.63) is 30.3 Å². The summed E-state index contributed by atoms with van der Waals surface area (Å²) in [5, 5.41) is 11.9. The van der Waals surface area contributed by atoms with Crippen molar-refractivity contribution in [2.24, 2.45) is 0 Å². The minimum Gasteiger partial charge on any atom is -0.394 e. The van der Waals surface area contributed by atoms with Gasteiger partial charge in [-0.1, -0.05) is 18.2 Å². The Hall–Kier alpha value is -1.02. The molecule has 0 unspecified atom stereocenters. The molecule has 2 nitrogen and oxygen atoms in total. The van der Waals surface area contributed by atoms with E-state index in [0.717, 1.165) is 5.69 Å². The van der Waals surface area contributed by atoms with Crippen LogP contribution in [0.25, 0.3) is 0 Å². The fourth-order valence-electron chi connectivity index (χ4n) is 0.865. The molecule has 0 radical (unpaired) electrons. The maximum Gasteiger partial charge on any atom is 0.0630 e. The molecule has 0 aromatic heterocycles. The second-order valence-corrected chi connectivity index (χ2v) is 2.59. The zero-order valence-electron chi connectivity index (χ0n) is 6.62. The highest BCUT2D eigenvalue weighted by atomic mass is 16.3. The van der Waals surface area contributed by atoms with Crippen molar-refractivity contribution in [2.75, 3.05) is 11.9 Å². The number of hydrogen-bond acceptors (Lipinski definition) is 2. The smallest absolute Gasteiger partial charge is 0.0630 e. The fourth-order valence-corrected chi connectivity index (χ4v) is 0.865. The summed E-state index contributed by atoms with van der Waals surface area (Å²) in [6.45, 7) is 2.10. The van der Waals surface area contributed by atoms with Crippen molar-refractivity contribution in [3.63, 3.8) is 0 Å². The number of benzene rings is 1. The van der Waals surface area contributed by atoms with Crippen LogP contribution < -0.4 is 5.32 Å². The van der Waals surface area contributed by atoms with Crippen LogP contribution in [0.4, 0.5) is 5.69 Å². The van der Waals surface area contributed by atoms with Crippen LogP contribution in [0.15, 0.2) is 30.3 Å². The van der Waals surface area contributed by atoms with Gasteiger partial charge < -0.3 is 10.4 Å². The summed E-state index contributed by atoms with van der Waals surface area (Å²) in [5.74, 6) is 0. The van der Waals surface area contributed by atoms with E-state index in [2.05, 4.69) is 5.32 Å². The minimum absolute atomic E-state index is 0.123. The Labute approximate surface area is 66.9 Å². The third kappa shape index (κ3) is 2.60. The van der Waals surface area contributed by atoms with Gasteiger partial charge in [0.05, 0.1) is 6.61 Å². The predicted molar refractivity (Wildman–Crippen MR) is 46.6 cm³/mol. The highest BCUT2D eigenvalue weighted by Crippen LogP contribution is 2.05. The Morgan fingerprint density at radius 3 is 2.55 bits per heavy atom. The van der Waals surface area contributed by atoms with Crippen molar-refractivity contribution in [2.45, 2.75) is 13.0 Å². The van der Waals surface area contributed by atoms with E-state index >= 15 is 0 Å². The summed E-state index contributed by atoms with van der Waals surface area (Å²) < 4.78 is 0. The number of aliphatic hydroxyl groups excluding tert-OH is 1. The first-order valence-electron chi connectivity index (χ1n) is 3.75. The van der Waals surface area contributed by atoms with Gasteiger partial charge in [0.25, 0.3) is 0 Å². The van der Waals surface area contributed by atoms with Crippen molar-refractivity contribution in [1.82, 2.24) is 0 Å². The SMILES string of the molecule is C[C@H](CO)Nc1ccccc1. The zero-order valence-corrected chi connectivity index (χ0v) is 6.62. The molecule has 60 valence electrons. The van der Waals surface area contributed by atoms with Crippen LogP contribution in [0, 0.1) is 0 Å². The third-order valence-corrected chi connectivity index (χ3v) is 1.46. The van der Waals surface area contributed by atoms with Crippen LogP contribution in [0.3, 0.4) is 0 Å². The minimum atomic E-state index is 0.123. The fraction of sp³-hybridized carbons (Fsp3) is 0.333. The summed E-state index contributed by atoms with van der Waals surface area (Å²) in [6.07, 6.45) is 0. The van der Waals surface area contributed by atoms with E-state index in [-0.39, 0.29) is 12.6 Å². The summed E-state index contributed by atoms with van der Waals surface area (Å²) in [4.78, 5) is 0. The lowest BCUT2D eigenvalue weighted by atomic mass is 10.3. The van der Waals surface area contributed by atoms with Crippen molar-refractivity contribution < 1.29 is 5.11 Å². The van der Waals surface area contributed by atoms with E-state index in [1.54, 1.807) is 0 Å². The average molecular weight is 151 g/mol. The standard InChI is InChI=1S/C9H13NO/c1-8(7-11)10-9-5-3-2-4-6-9/h2-6,8,10-11H,7H2,1H3/t8-/m1/s1. The molecule has 1 aromatic rings. The van der Waals surface area contributed by atoms with Gasteiger partial charge in [-0.05, 0) is 19.1 Å². The zero-order chi connectivity index (χ0) is 8.10. The number of nitrogens with one attached hydrogen (secondary N) is 1. The lowest BCUT2D eigenvalue weighted by molar-refractivity contribution is 0.281. The van der Waals surface area contributed by atoms with E-state index in [9.17, 15) is 0 Å². The first-order chi connectivity index (χ1) is 5.33. The van der Waals surface area contributed by atoms with Gasteiger partial charge in [0.1, 0.15) is 0 Å². The number of para-hydroxylation sites is 1. The first kappa shape index (κ1) is 8.08. The Balaban J connectivity index is 2.51. The van der Waals surface area contributed by atoms with Crippen LogP contribution in [0.2, 0.25) is 0 Å². The van der Waals surface area contributed by atoms with Gasteiger partial charge >= 0.3 is 0 Å². The number of anilines is 1. The van der Waals surface area contributed by atoms with Crippen LogP contribution in [-0.4, -0.2) is 17.8 Å². The van der Waals surface area contributed by atoms with Crippen molar-refractivity contribution >= 4 is 5.69 Å². The van der Waals surface area contributed by atoms with E-state index < -0.39 is 0 Å². The monoisotopic (exact) mass is 151 g/mol. The first-order valence-corrected chi connectivity index (χ1v) is 3.75. The Kier molecular flexibility index (Phi) is 2.93. The van der Waals surface area contributed by atoms with Gasteiger partial charge in [0.15, 0.2) is 0 Å². The van der Waals surface area contributed by atoms with Crippen LogP contribution in [0.1, 0.15) is 6.92 Å². The Bertz CT molecular complexity index is 198. The molecule has 2 N–H and O–H groups in total. The van der Waals surface area contributed by atoms with Gasteiger partial charge in [-0.15, -0.1) is 0 Å². The van der Waals surface area contributed by atoms with E-state index in [4.69, 9.17) is 5.11 Å². The lowest BCUT2D eigenvalue weighted by Crippen LogP contribution is -2.18. The summed E-state index contributed by atoms with van der Waals surface area (Å²) in [5.41, 5.74) is 1.05. The molecule has 0 amide bonds. The highest BCUT2D eigenvalue weighted by Gasteiger charge is 1.96. The molecule has 2 heteroatoms. The third-order valence-electron chi connectivity index (χ3n) is 1.46. The second kappa shape index (κ2) is 3.98. The van der Waals surface area contributed by atoms with Crippen molar-refractivity contribution in [1.29, 1.82) is 0 Å². The van der Waals surface area contributed by atoms with E-state index in [1.165, 1.54) is 0 Å². The predicted octanol–water partition coefficient (Wildman–Crippen LogP) is 1.48. The Morgan fingerprint density at radius 2 is 2.00 bits per heavy atom. The Morgan fingerprint density at radius 1 is 1.36 bits per heavy atom. The molecule has 1 aromatic carbocycles. The largest absolute Gasteiger partial charge is 0.394 e. The van der Waals surface area contributed by atoms with Gasteiger partial charge in [-0.25, -0.2) is 0 Å². The van der Waals surface area contributed by atoms with Crippen LogP contribution >= 0.6 is 0 Å². The summed E-state index contributed by atoms with van der Waals surface area (Å²) >= 11 is 0. The maximum atomic E-state index is 8.73. The molecule has 0 spiro atoms. The molecule has 0 fully saturated rings.